The lowest BCUT2D eigenvalue weighted by Gasteiger charge is -2.14. The van der Waals surface area contributed by atoms with E-state index in [2.05, 4.69) is 28.2 Å². The van der Waals surface area contributed by atoms with Crippen LogP contribution in [0.4, 0.5) is 0 Å². The maximum absolute atomic E-state index is 10.0. The van der Waals surface area contributed by atoms with E-state index in [0.717, 1.165) is 4.48 Å². The molecule has 11 heavy (non-hydrogen) atoms. The number of nitrogens with zero attached hydrogens (tertiary/aromatic N) is 1. The van der Waals surface area contributed by atoms with Gasteiger partial charge in [0.05, 0.1) is 28.2 Å². The van der Waals surface area contributed by atoms with Crippen LogP contribution < -0.4 is 4.89 Å². The molecular weight excluding hydrogens is 161 g/mol. The summed E-state index contributed by atoms with van der Waals surface area (Å²) < 4.78 is 11.0. The predicted molar refractivity (Wildman–Crippen MR) is 48.0 cm³/mol. The Labute approximate surface area is 70.1 Å². The number of hydrogen-bond acceptors (Lipinski definition) is 2. The van der Waals surface area contributed by atoms with Crippen LogP contribution in [0.1, 0.15) is 6.92 Å². The van der Waals surface area contributed by atoms with Gasteiger partial charge in [-0.3, -0.25) is 0 Å². The van der Waals surface area contributed by atoms with Crippen molar-refractivity contribution >= 4 is 7.37 Å². The molecule has 0 saturated carbocycles. The highest BCUT2D eigenvalue weighted by Crippen LogP contribution is 2.27. The van der Waals surface area contributed by atoms with Crippen LogP contribution in [0.15, 0.2) is 0 Å². The molecule has 0 fully saturated rings. The molecule has 0 N–H and O–H groups in total. The zero-order valence-electron chi connectivity index (χ0n) is 8.42. The average Bonchev–Trinajstić information content (AvgIpc) is 1.59. The molecule has 0 aliphatic rings. The molecule has 0 aromatic rings. The summed E-state index contributed by atoms with van der Waals surface area (Å²) in [4.78, 5) is 10.0. The van der Waals surface area contributed by atoms with Crippen molar-refractivity contribution in [3.63, 3.8) is 0 Å². The highest BCUT2D eigenvalue weighted by Gasteiger charge is 1.88. The summed E-state index contributed by atoms with van der Waals surface area (Å²) in [6.07, 6.45) is 0.271. The van der Waals surface area contributed by atoms with Crippen molar-refractivity contribution in [3.05, 3.63) is 0 Å². The van der Waals surface area contributed by atoms with Crippen molar-refractivity contribution in [3.8, 4) is 0 Å². The van der Waals surface area contributed by atoms with Crippen molar-refractivity contribution in [2.24, 2.45) is 0 Å². The van der Waals surface area contributed by atoms with Gasteiger partial charge in [0.25, 0.3) is 0 Å². The van der Waals surface area contributed by atoms with E-state index in [4.69, 9.17) is 0 Å². The molecule has 0 rings (SSSR count). The van der Waals surface area contributed by atoms with Gasteiger partial charge in [-0.1, -0.05) is 6.92 Å². The molecule has 1 atom stereocenters. The molecule has 0 radical (unpaired) electrons. The minimum absolute atomic E-state index is 0.271. The van der Waals surface area contributed by atoms with E-state index in [9.17, 15) is 9.46 Å². The molecule has 0 aromatic heterocycles. The lowest BCUT2D eigenvalue weighted by atomic mass is 10.8. The van der Waals surface area contributed by atoms with Crippen LogP contribution in [0.25, 0.3) is 0 Å². The Balaban J connectivity index is 0. The topological polar surface area (TPSA) is 40.1 Å². The average molecular weight is 181 g/mol. The maximum atomic E-state index is 10.0. The van der Waals surface area contributed by atoms with Crippen LogP contribution in [-0.2, 0) is 4.57 Å². The molecule has 0 saturated heterocycles. The van der Waals surface area contributed by atoms with Gasteiger partial charge < -0.3 is 13.9 Å². The first-order valence-corrected chi connectivity index (χ1v) is 5.88. The summed E-state index contributed by atoms with van der Waals surface area (Å²) in [6.45, 7) is 2.88. The molecule has 0 aromatic carbocycles. The minimum atomic E-state index is -2.90. The molecule has 0 aliphatic heterocycles. The quantitative estimate of drug-likeness (QED) is 0.439. The van der Waals surface area contributed by atoms with E-state index in [1.54, 1.807) is 6.92 Å². The van der Waals surface area contributed by atoms with E-state index < -0.39 is 7.37 Å². The molecular formula is C7H20NO2P. The highest BCUT2D eigenvalue weighted by molar-refractivity contribution is 7.55. The fourth-order valence-electron chi connectivity index (χ4n) is 0. The van der Waals surface area contributed by atoms with Crippen LogP contribution in [0, 0.1) is 0 Å². The molecule has 1 unspecified atom stereocenters. The van der Waals surface area contributed by atoms with Crippen LogP contribution >= 0.6 is 7.37 Å². The molecule has 0 bridgehead atoms. The van der Waals surface area contributed by atoms with E-state index in [1.807, 2.05) is 0 Å². The monoisotopic (exact) mass is 181 g/mol. The predicted octanol–water partition coefficient (Wildman–Crippen LogP) is 0.597. The third-order valence-corrected chi connectivity index (χ3v) is 1.72. The van der Waals surface area contributed by atoms with Gasteiger partial charge in [-0.05, 0) is 12.8 Å². The van der Waals surface area contributed by atoms with Gasteiger partial charge in [0.1, 0.15) is 0 Å². The van der Waals surface area contributed by atoms with Gasteiger partial charge in [0, 0.05) is 7.37 Å². The SMILES string of the molecule is CCP(C)(=O)[O-].C[N+](C)(C)C. The Morgan fingerprint density at radius 2 is 1.36 bits per heavy atom. The first-order chi connectivity index (χ1) is 4.56. The summed E-state index contributed by atoms with van der Waals surface area (Å²) in [6, 6.07) is 0. The standard InChI is InChI=1S/C4H12N.C3H9O2P/c1-5(2,3)4;1-3-6(2,4)5/h1-4H3;3H2,1-2H3,(H,4,5)/q+1;/p-1. The Hall–Kier alpha value is 0.150. The second-order valence-electron chi connectivity index (χ2n) is 4.01. The second-order valence-corrected chi connectivity index (χ2v) is 6.67. The van der Waals surface area contributed by atoms with Gasteiger partial charge in [-0.25, -0.2) is 0 Å². The van der Waals surface area contributed by atoms with Crippen LogP contribution in [0.3, 0.4) is 0 Å². The maximum Gasteiger partial charge on any atom is 0.0675 e. The van der Waals surface area contributed by atoms with Gasteiger partial charge in [0.15, 0.2) is 0 Å². The summed E-state index contributed by atoms with van der Waals surface area (Å²) in [5.74, 6) is 0. The summed E-state index contributed by atoms with van der Waals surface area (Å²) in [5, 5.41) is 0. The molecule has 0 amide bonds. The van der Waals surface area contributed by atoms with Crippen molar-refractivity contribution in [2.75, 3.05) is 41.0 Å². The third-order valence-electron chi connectivity index (χ3n) is 0.574. The smallest absolute Gasteiger partial charge is 0.0675 e. The van der Waals surface area contributed by atoms with Gasteiger partial charge in [0.2, 0.25) is 0 Å². The van der Waals surface area contributed by atoms with Crippen LogP contribution in [0.5, 0.6) is 0 Å². The fourth-order valence-corrected chi connectivity index (χ4v) is 0. The number of hydrogen-bond donors (Lipinski definition) is 0. The molecule has 0 spiro atoms. The second kappa shape index (κ2) is 4.91. The Morgan fingerprint density at radius 1 is 1.27 bits per heavy atom. The zero-order chi connectivity index (χ0) is 9.71. The van der Waals surface area contributed by atoms with Crippen molar-refractivity contribution in [1.82, 2.24) is 0 Å². The zero-order valence-corrected chi connectivity index (χ0v) is 9.31. The van der Waals surface area contributed by atoms with Gasteiger partial charge in [-0.2, -0.15) is 0 Å². The van der Waals surface area contributed by atoms with Crippen LogP contribution in [0.2, 0.25) is 0 Å². The highest BCUT2D eigenvalue weighted by atomic mass is 31.2. The van der Waals surface area contributed by atoms with E-state index in [-0.39, 0.29) is 6.16 Å². The molecule has 70 valence electrons. The normalized spacial score (nSPS) is 16.3. The Kier molecular flexibility index (Phi) is 6.13. The summed E-state index contributed by atoms with van der Waals surface area (Å²) in [5.41, 5.74) is 0. The molecule has 0 heterocycles. The Morgan fingerprint density at radius 3 is 1.36 bits per heavy atom. The molecule has 3 nitrogen and oxygen atoms in total. The van der Waals surface area contributed by atoms with E-state index in [1.165, 1.54) is 6.66 Å². The first-order valence-electron chi connectivity index (χ1n) is 3.62. The van der Waals surface area contributed by atoms with Crippen molar-refractivity contribution in [1.29, 1.82) is 0 Å². The van der Waals surface area contributed by atoms with E-state index >= 15 is 0 Å². The third kappa shape index (κ3) is 67.9. The van der Waals surface area contributed by atoms with Crippen LogP contribution in [-0.4, -0.2) is 45.5 Å². The van der Waals surface area contributed by atoms with Crippen molar-refractivity contribution < 1.29 is 13.9 Å². The van der Waals surface area contributed by atoms with E-state index in [0.29, 0.717) is 0 Å². The first kappa shape index (κ1) is 13.7. The lowest BCUT2D eigenvalue weighted by Crippen LogP contribution is -2.27. The van der Waals surface area contributed by atoms with Gasteiger partial charge >= 0.3 is 0 Å². The minimum Gasteiger partial charge on any atom is -0.799 e. The summed E-state index contributed by atoms with van der Waals surface area (Å²) in [7, 11) is 5.60. The van der Waals surface area contributed by atoms with Crippen molar-refractivity contribution in [2.45, 2.75) is 6.92 Å². The molecule has 4 heteroatoms. The summed E-state index contributed by atoms with van der Waals surface area (Å²) >= 11 is 0. The molecule has 0 aliphatic carbocycles. The largest absolute Gasteiger partial charge is 0.799 e. The lowest BCUT2D eigenvalue weighted by molar-refractivity contribution is -0.849. The van der Waals surface area contributed by atoms with Gasteiger partial charge in [-0.15, -0.1) is 0 Å². The Bertz CT molecular complexity index is 128. The number of quaternary nitrogens is 1. The number of rotatable bonds is 1. The fraction of sp³-hybridized carbons (Fsp3) is 1.00.